The van der Waals surface area contributed by atoms with Gasteiger partial charge in [-0.15, -0.1) is 0 Å². The van der Waals surface area contributed by atoms with Crippen LogP contribution in [0.3, 0.4) is 0 Å². The highest BCUT2D eigenvalue weighted by Gasteiger charge is 2.22. The molecule has 1 aliphatic rings. The maximum absolute atomic E-state index is 11.1. The van der Waals surface area contributed by atoms with E-state index in [9.17, 15) is 5.11 Å². The van der Waals surface area contributed by atoms with E-state index in [4.69, 9.17) is 4.98 Å². The minimum Gasteiger partial charge on any atom is -0.386 e. The zero-order valence-corrected chi connectivity index (χ0v) is 15.9. The number of para-hydroxylation sites is 1. The minimum absolute atomic E-state index is 0.0688. The van der Waals surface area contributed by atoms with Gasteiger partial charge in [0.15, 0.2) is 0 Å². The first-order chi connectivity index (χ1) is 13.1. The molecule has 0 amide bonds. The molecule has 2 heterocycles. The van der Waals surface area contributed by atoms with Gasteiger partial charge in [0.1, 0.15) is 0 Å². The second-order valence-electron chi connectivity index (χ2n) is 7.53. The number of benzene rings is 2. The fourth-order valence-electron chi connectivity index (χ4n) is 3.69. The van der Waals surface area contributed by atoms with Crippen molar-refractivity contribution >= 4 is 10.9 Å². The first-order valence-electron chi connectivity index (χ1n) is 9.71. The molecular weight excluding hydrogens is 332 g/mol. The lowest BCUT2D eigenvalue weighted by Gasteiger charge is -2.25. The van der Waals surface area contributed by atoms with Crippen molar-refractivity contribution in [1.29, 1.82) is 0 Å². The summed E-state index contributed by atoms with van der Waals surface area (Å²) in [5.41, 5.74) is 5.13. The fraction of sp³-hybridized carbons (Fsp3) is 0.292. The molecule has 27 heavy (non-hydrogen) atoms. The van der Waals surface area contributed by atoms with Gasteiger partial charge in [-0.25, -0.2) is 4.98 Å². The van der Waals surface area contributed by atoms with E-state index in [1.165, 1.54) is 5.56 Å². The number of rotatable bonds is 4. The zero-order valence-electron chi connectivity index (χ0n) is 15.9. The van der Waals surface area contributed by atoms with Crippen molar-refractivity contribution in [2.24, 2.45) is 0 Å². The van der Waals surface area contributed by atoms with Gasteiger partial charge in [0, 0.05) is 10.9 Å². The maximum atomic E-state index is 11.1. The summed E-state index contributed by atoms with van der Waals surface area (Å²) in [4.78, 5) is 4.86. The molecule has 1 aliphatic heterocycles. The number of pyridine rings is 1. The van der Waals surface area contributed by atoms with Gasteiger partial charge in [0.25, 0.3) is 0 Å². The summed E-state index contributed by atoms with van der Waals surface area (Å²) in [5, 5.41) is 15.5. The monoisotopic (exact) mass is 358 g/mol. The van der Waals surface area contributed by atoms with Crippen LogP contribution in [0.4, 0.5) is 0 Å². The van der Waals surface area contributed by atoms with Gasteiger partial charge in [-0.05, 0) is 42.1 Å². The Labute approximate surface area is 160 Å². The quantitative estimate of drug-likeness (QED) is 0.647. The van der Waals surface area contributed by atoms with E-state index in [2.05, 4.69) is 55.6 Å². The van der Waals surface area contributed by atoms with Crippen LogP contribution in [0.2, 0.25) is 0 Å². The molecular formula is C24H26N2O. The molecule has 2 aromatic carbocycles. The van der Waals surface area contributed by atoms with E-state index >= 15 is 0 Å². The SMILES string of the molecule is CC(C)c1ccc(-c2cc([C@@H](O)[C@H]3C=CCCN3)c3ccccc3n2)cc1. The molecule has 0 aliphatic carbocycles. The average Bonchev–Trinajstić information content (AvgIpc) is 2.73. The number of hydrogen-bond acceptors (Lipinski definition) is 3. The first-order valence-corrected chi connectivity index (χ1v) is 9.71. The van der Waals surface area contributed by atoms with Crippen LogP contribution in [0.25, 0.3) is 22.2 Å². The summed E-state index contributed by atoms with van der Waals surface area (Å²) in [7, 11) is 0. The van der Waals surface area contributed by atoms with Gasteiger partial charge in [0.2, 0.25) is 0 Å². The van der Waals surface area contributed by atoms with Gasteiger partial charge < -0.3 is 10.4 Å². The normalized spacial score (nSPS) is 18.1. The highest BCUT2D eigenvalue weighted by atomic mass is 16.3. The van der Waals surface area contributed by atoms with Crippen LogP contribution in [0.1, 0.15) is 43.4 Å². The van der Waals surface area contributed by atoms with Crippen molar-refractivity contribution in [2.45, 2.75) is 38.3 Å². The third-order valence-electron chi connectivity index (χ3n) is 5.31. The summed E-state index contributed by atoms with van der Waals surface area (Å²) in [5.74, 6) is 0.505. The molecule has 2 atom stereocenters. The van der Waals surface area contributed by atoms with Crippen molar-refractivity contribution in [2.75, 3.05) is 6.54 Å². The lowest BCUT2D eigenvalue weighted by molar-refractivity contribution is 0.147. The van der Waals surface area contributed by atoms with Crippen LogP contribution in [-0.4, -0.2) is 22.7 Å². The van der Waals surface area contributed by atoms with Gasteiger partial charge in [-0.3, -0.25) is 0 Å². The molecule has 3 heteroatoms. The second-order valence-corrected chi connectivity index (χ2v) is 7.53. The van der Waals surface area contributed by atoms with Crippen molar-refractivity contribution < 1.29 is 5.11 Å². The molecule has 3 nitrogen and oxygen atoms in total. The Morgan fingerprint density at radius 2 is 1.85 bits per heavy atom. The second kappa shape index (κ2) is 7.63. The Morgan fingerprint density at radius 3 is 2.56 bits per heavy atom. The Hall–Kier alpha value is -2.49. The highest BCUT2D eigenvalue weighted by Crippen LogP contribution is 2.31. The first kappa shape index (κ1) is 17.9. The number of hydrogen-bond donors (Lipinski definition) is 2. The van der Waals surface area contributed by atoms with Gasteiger partial charge in [-0.1, -0.05) is 68.5 Å². The zero-order chi connectivity index (χ0) is 18.8. The number of fused-ring (bicyclic) bond motifs is 1. The molecule has 0 saturated heterocycles. The summed E-state index contributed by atoms with van der Waals surface area (Å²) >= 11 is 0. The summed E-state index contributed by atoms with van der Waals surface area (Å²) < 4.78 is 0. The molecule has 0 saturated carbocycles. The standard InChI is InChI=1S/C24H26N2O/c1-16(2)17-10-12-18(13-11-17)23-15-20(19-7-3-4-8-21(19)26-23)24(27)22-9-5-6-14-25-22/h3-5,7-13,15-16,22,24-25,27H,6,14H2,1-2H3/t22-,24-/m1/s1. The van der Waals surface area contributed by atoms with Crippen LogP contribution in [0, 0.1) is 0 Å². The third-order valence-corrected chi connectivity index (χ3v) is 5.31. The number of nitrogens with one attached hydrogen (secondary N) is 1. The molecule has 1 aromatic heterocycles. The molecule has 0 fully saturated rings. The molecule has 0 spiro atoms. The average molecular weight is 358 g/mol. The van der Waals surface area contributed by atoms with Crippen LogP contribution >= 0.6 is 0 Å². The summed E-state index contributed by atoms with van der Waals surface area (Å²) in [6, 6.07) is 18.6. The van der Waals surface area contributed by atoms with Crippen LogP contribution in [-0.2, 0) is 0 Å². The predicted octanol–water partition coefficient (Wildman–Crippen LogP) is 4.98. The van der Waals surface area contributed by atoms with Gasteiger partial charge in [-0.2, -0.15) is 0 Å². The van der Waals surface area contributed by atoms with E-state index in [-0.39, 0.29) is 6.04 Å². The van der Waals surface area contributed by atoms with E-state index in [0.717, 1.165) is 40.7 Å². The van der Waals surface area contributed by atoms with Crippen molar-refractivity contribution in [3.63, 3.8) is 0 Å². The Bertz CT molecular complexity index is 960. The number of aromatic nitrogens is 1. The van der Waals surface area contributed by atoms with Gasteiger partial charge in [0.05, 0.1) is 23.4 Å². The molecule has 4 rings (SSSR count). The van der Waals surface area contributed by atoms with E-state index in [0.29, 0.717) is 5.92 Å². The minimum atomic E-state index is -0.608. The van der Waals surface area contributed by atoms with Crippen molar-refractivity contribution in [3.05, 3.63) is 77.9 Å². The summed E-state index contributed by atoms with van der Waals surface area (Å²) in [6.07, 6.45) is 4.61. The largest absolute Gasteiger partial charge is 0.386 e. The fourth-order valence-corrected chi connectivity index (χ4v) is 3.69. The molecule has 0 unspecified atom stereocenters. The Balaban J connectivity index is 1.80. The lowest BCUT2D eigenvalue weighted by atomic mass is 9.94. The predicted molar refractivity (Wildman–Crippen MR) is 112 cm³/mol. The van der Waals surface area contributed by atoms with Crippen LogP contribution in [0.5, 0.6) is 0 Å². The Kier molecular flexibility index (Phi) is 5.06. The smallest absolute Gasteiger partial charge is 0.0986 e. The Morgan fingerprint density at radius 1 is 1.07 bits per heavy atom. The number of aliphatic hydroxyl groups is 1. The molecule has 0 bridgehead atoms. The highest BCUT2D eigenvalue weighted by molar-refractivity contribution is 5.85. The van der Waals surface area contributed by atoms with Crippen LogP contribution in [0.15, 0.2) is 66.7 Å². The van der Waals surface area contributed by atoms with E-state index < -0.39 is 6.10 Å². The molecule has 0 radical (unpaired) electrons. The molecule has 138 valence electrons. The number of aliphatic hydroxyl groups excluding tert-OH is 1. The van der Waals surface area contributed by atoms with Crippen LogP contribution < -0.4 is 5.32 Å². The summed E-state index contributed by atoms with van der Waals surface area (Å²) in [6.45, 7) is 5.29. The van der Waals surface area contributed by atoms with Crippen molar-refractivity contribution in [1.82, 2.24) is 10.3 Å². The van der Waals surface area contributed by atoms with Crippen molar-refractivity contribution in [3.8, 4) is 11.3 Å². The van der Waals surface area contributed by atoms with Gasteiger partial charge >= 0.3 is 0 Å². The topological polar surface area (TPSA) is 45.1 Å². The molecule has 3 aromatic rings. The maximum Gasteiger partial charge on any atom is 0.0986 e. The molecule has 2 N–H and O–H groups in total. The number of nitrogens with zero attached hydrogens (tertiary/aromatic N) is 1. The van der Waals surface area contributed by atoms with E-state index in [1.54, 1.807) is 0 Å². The van der Waals surface area contributed by atoms with E-state index in [1.807, 2.05) is 30.3 Å². The third kappa shape index (κ3) is 3.66. The lowest BCUT2D eigenvalue weighted by Crippen LogP contribution is -2.36.